The highest BCUT2D eigenvalue weighted by molar-refractivity contribution is 8.14. The quantitative estimate of drug-likeness (QED) is 0.581. The minimum Gasteiger partial charge on any atom is -0.279 e. The Hall–Kier alpha value is 0.0200. The van der Waals surface area contributed by atoms with Crippen molar-refractivity contribution >= 4 is 16.8 Å². The second-order valence-corrected chi connectivity index (χ2v) is 6.10. The van der Waals surface area contributed by atoms with E-state index in [0.717, 1.165) is 23.0 Å². The summed E-state index contributed by atoms with van der Waals surface area (Å²) in [5, 5.41) is 2.09. The van der Waals surface area contributed by atoms with Crippen LogP contribution in [0.1, 0.15) is 34.1 Å². The molecule has 0 aromatic rings. The molecule has 2 rings (SSSR count). The van der Waals surface area contributed by atoms with E-state index in [4.69, 9.17) is 4.99 Å². The summed E-state index contributed by atoms with van der Waals surface area (Å²) in [5.74, 6) is 2.56. The highest BCUT2D eigenvalue weighted by atomic mass is 32.2. The van der Waals surface area contributed by atoms with E-state index in [0.29, 0.717) is 6.04 Å². The summed E-state index contributed by atoms with van der Waals surface area (Å²) in [5.41, 5.74) is 0. The zero-order valence-electron chi connectivity index (χ0n) is 8.95. The van der Waals surface area contributed by atoms with E-state index in [9.17, 15) is 0 Å². The van der Waals surface area contributed by atoms with Gasteiger partial charge in [-0.2, -0.15) is 0 Å². The second kappa shape index (κ2) is 3.30. The van der Waals surface area contributed by atoms with Gasteiger partial charge in [0.2, 0.25) is 0 Å². The first-order valence-electron chi connectivity index (χ1n) is 5.30. The standard InChI is InChI=1S/C11H19NS/c1-6-5-10-11(8(3)7(6)2)13-9(4)12-10/h6-8,10-11H,5H2,1-4H3. The summed E-state index contributed by atoms with van der Waals surface area (Å²) in [6.07, 6.45) is 1.31. The summed E-state index contributed by atoms with van der Waals surface area (Å²) in [6.45, 7) is 9.34. The van der Waals surface area contributed by atoms with E-state index in [-0.39, 0.29) is 0 Å². The largest absolute Gasteiger partial charge is 0.279 e. The number of aliphatic imine (C=N–C) groups is 1. The van der Waals surface area contributed by atoms with Gasteiger partial charge in [-0.05, 0) is 31.1 Å². The van der Waals surface area contributed by atoms with E-state index < -0.39 is 0 Å². The van der Waals surface area contributed by atoms with E-state index in [2.05, 4.69) is 27.7 Å². The van der Waals surface area contributed by atoms with Crippen LogP contribution in [0, 0.1) is 17.8 Å². The van der Waals surface area contributed by atoms with Crippen LogP contribution >= 0.6 is 11.8 Å². The number of rotatable bonds is 0. The van der Waals surface area contributed by atoms with Gasteiger partial charge in [0, 0.05) is 5.25 Å². The van der Waals surface area contributed by atoms with E-state index >= 15 is 0 Å². The van der Waals surface area contributed by atoms with Crippen LogP contribution in [0.2, 0.25) is 0 Å². The average Bonchev–Trinajstić information content (AvgIpc) is 2.42. The van der Waals surface area contributed by atoms with Crippen molar-refractivity contribution in [1.29, 1.82) is 0 Å². The first kappa shape index (κ1) is 9.57. The maximum Gasteiger partial charge on any atom is 0.0652 e. The minimum absolute atomic E-state index is 0.631. The average molecular weight is 197 g/mol. The molecule has 1 aliphatic carbocycles. The van der Waals surface area contributed by atoms with Crippen molar-refractivity contribution in [2.45, 2.75) is 45.4 Å². The minimum atomic E-state index is 0.631. The smallest absolute Gasteiger partial charge is 0.0652 e. The molecular weight excluding hydrogens is 178 g/mol. The molecule has 13 heavy (non-hydrogen) atoms. The first-order chi connectivity index (χ1) is 6.09. The Morgan fingerprint density at radius 1 is 1.23 bits per heavy atom. The zero-order valence-corrected chi connectivity index (χ0v) is 9.77. The summed E-state index contributed by atoms with van der Waals surface area (Å²) in [6, 6.07) is 0.631. The van der Waals surface area contributed by atoms with E-state index in [1.807, 2.05) is 11.8 Å². The molecule has 5 unspecified atom stereocenters. The molecule has 74 valence electrons. The molecule has 0 saturated heterocycles. The molecule has 0 bridgehead atoms. The Balaban J connectivity index is 2.16. The number of hydrogen-bond donors (Lipinski definition) is 0. The molecule has 0 amide bonds. The predicted octanol–water partition coefficient (Wildman–Crippen LogP) is 3.20. The molecular formula is C11H19NS. The van der Waals surface area contributed by atoms with Crippen LogP contribution in [0.5, 0.6) is 0 Å². The van der Waals surface area contributed by atoms with Crippen molar-refractivity contribution in [1.82, 2.24) is 0 Å². The normalized spacial score (nSPS) is 50.2. The van der Waals surface area contributed by atoms with Gasteiger partial charge in [0.15, 0.2) is 0 Å². The van der Waals surface area contributed by atoms with Crippen molar-refractivity contribution in [3.05, 3.63) is 0 Å². The highest BCUT2D eigenvalue weighted by Gasteiger charge is 2.41. The fourth-order valence-electron chi connectivity index (χ4n) is 2.67. The maximum absolute atomic E-state index is 4.73. The fraction of sp³-hybridized carbons (Fsp3) is 0.909. The van der Waals surface area contributed by atoms with Crippen molar-refractivity contribution in [3.8, 4) is 0 Å². The lowest BCUT2D eigenvalue weighted by molar-refractivity contribution is 0.188. The molecule has 5 atom stereocenters. The zero-order chi connectivity index (χ0) is 9.59. The Bertz CT molecular complexity index is 236. The third-order valence-corrected chi connectivity index (χ3v) is 5.35. The molecule has 0 N–H and O–H groups in total. The van der Waals surface area contributed by atoms with Gasteiger partial charge < -0.3 is 0 Å². The van der Waals surface area contributed by atoms with Crippen molar-refractivity contribution in [3.63, 3.8) is 0 Å². The van der Waals surface area contributed by atoms with Crippen molar-refractivity contribution in [2.24, 2.45) is 22.7 Å². The maximum atomic E-state index is 4.73. The summed E-state index contributed by atoms with van der Waals surface area (Å²) < 4.78 is 0. The van der Waals surface area contributed by atoms with Gasteiger partial charge in [-0.3, -0.25) is 4.99 Å². The Morgan fingerprint density at radius 2 is 1.92 bits per heavy atom. The Kier molecular flexibility index (Phi) is 2.43. The number of fused-ring (bicyclic) bond motifs is 1. The van der Waals surface area contributed by atoms with Crippen molar-refractivity contribution in [2.75, 3.05) is 0 Å². The molecule has 0 spiro atoms. The van der Waals surface area contributed by atoms with E-state index in [1.165, 1.54) is 11.5 Å². The summed E-state index contributed by atoms with van der Waals surface area (Å²) in [4.78, 5) is 4.73. The lowest BCUT2D eigenvalue weighted by atomic mass is 9.72. The number of nitrogens with zero attached hydrogens (tertiary/aromatic N) is 1. The fourth-order valence-corrected chi connectivity index (χ4v) is 4.05. The third-order valence-electron chi connectivity index (χ3n) is 3.89. The lowest BCUT2D eigenvalue weighted by Crippen LogP contribution is -2.39. The molecule has 0 radical (unpaired) electrons. The lowest BCUT2D eigenvalue weighted by Gasteiger charge is -2.39. The van der Waals surface area contributed by atoms with Crippen LogP contribution in [0.3, 0.4) is 0 Å². The van der Waals surface area contributed by atoms with Gasteiger partial charge >= 0.3 is 0 Å². The van der Waals surface area contributed by atoms with Crippen LogP contribution in [-0.4, -0.2) is 16.3 Å². The van der Waals surface area contributed by atoms with Crippen LogP contribution in [0.15, 0.2) is 4.99 Å². The molecule has 1 fully saturated rings. The third kappa shape index (κ3) is 1.54. The van der Waals surface area contributed by atoms with Crippen molar-refractivity contribution < 1.29 is 0 Å². The molecule has 2 aliphatic rings. The van der Waals surface area contributed by atoms with Gasteiger partial charge in [-0.15, -0.1) is 11.8 Å². The molecule has 1 heterocycles. The van der Waals surface area contributed by atoms with Gasteiger partial charge in [0.1, 0.15) is 0 Å². The van der Waals surface area contributed by atoms with Crippen LogP contribution in [-0.2, 0) is 0 Å². The predicted molar refractivity (Wildman–Crippen MR) is 60.4 cm³/mol. The Morgan fingerprint density at radius 3 is 2.62 bits per heavy atom. The van der Waals surface area contributed by atoms with Gasteiger partial charge in [-0.1, -0.05) is 20.8 Å². The highest BCUT2D eigenvalue weighted by Crippen LogP contribution is 2.45. The van der Waals surface area contributed by atoms with Crippen LogP contribution in [0.25, 0.3) is 0 Å². The van der Waals surface area contributed by atoms with Gasteiger partial charge in [0.25, 0.3) is 0 Å². The molecule has 2 heteroatoms. The number of thioether (sulfide) groups is 1. The topological polar surface area (TPSA) is 12.4 Å². The molecule has 1 nitrogen and oxygen atoms in total. The van der Waals surface area contributed by atoms with Gasteiger partial charge in [0.05, 0.1) is 11.1 Å². The van der Waals surface area contributed by atoms with Crippen LogP contribution < -0.4 is 0 Å². The molecule has 1 saturated carbocycles. The molecule has 1 aliphatic heterocycles. The molecule has 0 aromatic carbocycles. The van der Waals surface area contributed by atoms with Gasteiger partial charge in [-0.25, -0.2) is 0 Å². The number of hydrogen-bond acceptors (Lipinski definition) is 2. The summed E-state index contributed by atoms with van der Waals surface area (Å²) >= 11 is 2.01. The SMILES string of the molecule is CC1=NC2CC(C)C(C)C(C)C2S1. The van der Waals surface area contributed by atoms with E-state index in [1.54, 1.807) is 0 Å². The summed E-state index contributed by atoms with van der Waals surface area (Å²) in [7, 11) is 0. The first-order valence-corrected chi connectivity index (χ1v) is 6.18. The second-order valence-electron chi connectivity index (χ2n) is 4.73. The van der Waals surface area contributed by atoms with Crippen LogP contribution in [0.4, 0.5) is 0 Å². The Labute approximate surface area is 85.4 Å². The molecule has 0 aromatic heterocycles. The monoisotopic (exact) mass is 197 g/mol.